The first-order valence-electron chi connectivity index (χ1n) is 12.5. The van der Waals surface area contributed by atoms with Crippen LogP contribution in [0.3, 0.4) is 0 Å². The van der Waals surface area contributed by atoms with Gasteiger partial charge in [0.15, 0.2) is 9.55 Å². The fourth-order valence-electron chi connectivity index (χ4n) is 8.64. The van der Waals surface area contributed by atoms with E-state index in [1.165, 1.54) is 12.0 Å². The van der Waals surface area contributed by atoms with Gasteiger partial charge in [0.2, 0.25) is 5.78 Å². The topological polar surface area (TPSA) is 54.4 Å². The first kappa shape index (κ1) is 23.6. The standard InChI is InChI=1S/C29H37IO3/c1-17-18-7-8-21-27(4,19(18)15-20(31)23(17)32)12-14-29(6)22-16-26(3,24(30)33)10-9-25(22,2)11-13-28(21,29)5/h7-8,15,22,32H,9-14,16H2,1-6H3/t22-,25-,26-,27+,28-,29+/m1/s1. The minimum atomic E-state index is -0.263. The summed E-state index contributed by atoms with van der Waals surface area (Å²) in [4.78, 5) is 25.3. The van der Waals surface area contributed by atoms with Crippen LogP contribution < -0.4 is 0 Å². The van der Waals surface area contributed by atoms with Crippen LogP contribution in [0.1, 0.15) is 86.5 Å². The highest BCUT2D eigenvalue weighted by Gasteiger charge is 2.67. The molecule has 178 valence electrons. The maximum absolute atomic E-state index is 12.7. The second-order valence-electron chi connectivity index (χ2n) is 12.9. The average Bonchev–Trinajstić information content (AvgIpc) is 2.75. The van der Waals surface area contributed by atoms with Gasteiger partial charge < -0.3 is 5.11 Å². The number of carbonyl (C=O) groups is 2. The summed E-state index contributed by atoms with van der Waals surface area (Å²) in [6.45, 7) is 13.8. The van der Waals surface area contributed by atoms with Crippen LogP contribution in [0.2, 0.25) is 0 Å². The van der Waals surface area contributed by atoms with Crippen molar-refractivity contribution in [2.24, 2.45) is 33.0 Å². The number of fused-ring (bicyclic) bond motifs is 7. The molecule has 0 aromatic rings. The molecule has 0 unspecified atom stereocenters. The maximum atomic E-state index is 12.7. The van der Waals surface area contributed by atoms with E-state index in [-0.39, 0.29) is 38.6 Å². The summed E-state index contributed by atoms with van der Waals surface area (Å²) in [7, 11) is 0. The number of rotatable bonds is 1. The van der Waals surface area contributed by atoms with Crippen LogP contribution in [0.5, 0.6) is 0 Å². The lowest BCUT2D eigenvalue weighted by molar-refractivity contribution is -0.164. The third-order valence-electron chi connectivity index (χ3n) is 11.3. The van der Waals surface area contributed by atoms with Gasteiger partial charge in [0.05, 0.1) is 0 Å². The van der Waals surface area contributed by atoms with Gasteiger partial charge in [-0.25, -0.2) is 0 Å². The van der Waals surface area contributed by atoms with E-state index in [2.05, 4.69) is 46.8 Å². The van der Waals surface area contributed by atoms with Crippen molar-refractivity contribution in [3.63, 3.8) is 0 Å². The molecule has 3 saturated carbocycles. The molecule has 3 nitrogen and oxygen atoms in total. The molecule has 0 aromatic heterocycles. The molecule has 0 aliphatic heterocycles. The minimum absolute atomic E-state index is 0.0137. The van der Waals surface area contributed by atoms with E-state index in [9.17, 15) is 14.7 Å². The first-order chi connectivity index (χ1) is 15.2. The van der Waals surface area contributed by atoms with Crippen LogP contribution in [0.25, 0.3) is 0 Å². The summed E-state index contributed by atoms with van der Waals surface area (Å²) in [5.74, 6) is 0.126. The smallest absolute Gasteiger partial charge is 0.220 e. The fraction of sp³-hybridized carbons (Fsp3) is 0.655. The second-order valence-corrected chi connectivity index (χ2v) is 13.9. The van der Waals surface area contributed by atoms with Crippen LogP contribution in [0, 0.1) is 33.0 Å². The maximum Gasteiger partial charge on any atom is 0.220 e. The third kappa shape index (κ3) is 2.85. The van der Waals surface area contributed by atoms with E-state index < -0.39 is 0 Å². The number of ketones is 1. The van der Waals surface area contributed by atoms with Gasteiger partial charge in [-0.2, -0.15) is 0 Å². The summed E-state index contributed by atoms with van der Waals surface area (Å²) < 4.78 is 0.316. The van der Waals surface area contributed by atoms with Crippen molar-refractivity contribution < 1.29 is 14.7 Å². The van der Waals surface area contributed by atoms with Gasteiger partial charge in [-0.1, -0.05) is 52.3 Å². The molecule has 0 amide bonds. The highest BCUT2D eigenvalue weighted by atomic mass is 127. The van der Waals surface area contributed by atoms with E-state index in [0.29, 0.717) is 15.3 Å². The van der Waals surface area contributed by atoms with Crippen molar-refractivity contribution >= 4 is 32.2 Å². The molecule has 5 aliphatic carbocycles. The summed E-state index contributed by atoms with van der Waals surface area (Å²) >= 11 is 2.04. The molecule has 0 radical (unpaired) electrons. The average molecular weight is 561 g/mol. The molecule has 6 atom stereocenters. The summed E-state index contributed by atoms with van der Waals surface area (Å²) in [5, 5.41) is 10.3. The molecule has 0 aromatic carbocycles. The van der Waals surface area contributed by atoms with E-state index in [1.807, 2.05) is 29.5 Å². The molecule has 0 bridgehead atoms. The number of hydrogen-bond acceptors (Lipinski definition) is 3. The lowest BCUT2D eigenvalue weighted by Gasteiger charge is -2.70. The van der Waals surface area contributed by atoms with Crippen molar-refractivity contribution in [3.8, 4) is 0 Å². The highest BCUT2D eigenvalue weighted by Crippen LogP contribution is 2.75. The Morgan fingerprint density at radius 1 is 1.00 bits per heavy atom. The number of aliphatic hydroxyl groups is 1. The summed E-state index contributed by atoms with van der Waals surface area (Å²) in [6.07, 6.45) is 13.7. The Hall–Kier alpha value is -1.17. The van der Waals surface area contributed by atoms with Crippen LogP contribution in [-0.2, 0) is 9.59 Å². The van der Waals surface area contributed by atoms with Gasteiger partial charge in [0, 0.05) is 39.0 Å². The summed E-state index contributed by atoms with van der Waals surface area (Å²) in [6, 6.07) is 0. The zero-order chi connectivity index (χ0) is 24.2. The molecule has 5 aliphatic rings. The molecule has 4 heteroatoms. The van der Waals surface area contributed by atoms with Gasteiger partial charge in [0.1, 0.15) is 0 Å². The predicted octanol–water partition coefficient (Wildman–Crippen LogP) is 7.57. The first-order valence-corrected chi connectivity index (χ1v) is 13.6. The van der Waals surface area contributed by atoms with Crippen molar-refractivity contribution in [1.82, 2.24) is 0 Å². The normalized spacial score (nSPS) is 46.8. The SMILES string of the molecule is CC1=C(O)C(=O)C=C2C1=CC=C1[C@@]2(C)CC[C@@]2(C)[C@@H]3C[C@](C)(C(=O)I)CC[C@]3(C)CC[C@]12C. The van der Waals surface area contributed by atoms with Crippen LogP contribution >= 0.6 is 22.6 Å². The zero-order valence-corrected chi connectivity index (χ0v) is 23.1. The van der Waals surface area contributed by atoms with Gasteiger partial charge in [-0.3, -0.25) is 9.59 Å². The number of halogens is 1. The number of carbonyl (C=O) groups excluding carboxylic acids is 2. The van der Waals surface area contributed by atoms with Crippen molar-refractivity contribution in [2.75, 3.05) is 0 Å². The molecule has 0 spiro atoms. The van der Waals surface area contributed by atoms with Crippen LogP contribution in [0.4, 0.5) is 0 Å². The van der Waals surface area contributed by atoms with Crippen LogP contribution in [0.15, 0.2) is 46.3 Å². The molecule has 3 fully saturated rings. The minimum Gasteiger partial charge on any atom is -0.504 e. The van der Waals surface area contributed by atoms with Crippen molar-refractivity contribution in [1.29, 1.82) is 0 Å². The van der Waals surface area contributed by atoms with E-state index in [0.717, 1.165) is 49.7 Å². The molecule has 0 heterocycles. The van der Waals surface area contributed by atoms with Gasteiger partial charge in [-0.05, 0) is 91.3 Å². The van der Waals surface area contributed by atoms with E-state index in [4.69, 9.17) is 0 Å². The Morgan fingerprint density at radius 3 is 2.33 bits per heavy atom. The molecule has 5 rings (SSSR count). The van der Waals surface area contributed by atoms with E-state index >= 15 is 0 Å². The Bertz CT molecular complexity index is 1110. The molecule has 1 N–H and O–H groups in total. The zero-order valence-electron chi connectivity index (χ0n) is 20.9. The van der Waals surface area contributed by atoms with Gasteiger partial charge >= 0.3 is 0 Å². The van der Waals surface area contributed by atoms with Gasteiger partial charge in [0.25, 0.3) is 0 Å². The Balaban J connectivity index is 1.64. The molecular formula is C29H37IO3. The lowest BCUT2D eigenvalue weighted by Crippen LogP contribution is -2.62. The van der Waals surface area contributed by atoms with Gasteiger partial charge in [-0.15, -0.1) is 0 Å². The van der Waals surface area contributed by atoms with E-state index in [1.54, 1.807) is 6.08 Å². The molecule has 33 heavy (non-hydrogen) atoms. The van der Waals surface area contributed by atoms with Crippen molar-refractivity contribution in [3.05, 3.63) is 46.3 Å². The molecule has 0 saturated heterocycles. The predicted molar refractivity (Wildman–Crippen MR) is 140 cm³/mol. The van der Waals surface area contributed by atoms with Crippen LogP contribution in [-0.4, -0.2) is 14.7 Å². The number of allylic oxidation sites excluding steroid dienone is 7. The summed E-state index contributed by atoms with van der Waals surface area (Å²) in [5.41, 5.74) is 4.26. The largest absolute Gasteiger partial charge is 0.504 e. The number of hydrogen-bond donors (Lipinski definition) is 1. The fourth-order valence-corrected chi connectivity index (χ4v) is 9.13. The Labute approximate surface area is 212 Å². The highest BCUT2D eigenvalue weighted by molar-refractivity contribution is 14.1. The Kier molecular flexibility index (Phi) is 4.96. The lowest BCUT2D eigenvalue weighted by atomic mass is 9.34. The van der Waals surface area contributed by atoms with Crippen molar-refractivity contribution in [2.45, 2.75) is 86.5 Å². The quantitative estimate of drug-likeness (QED) is 0.266. The monoisotopic (exact) mass is 560 g/mol. The second kappa shape index (κ2) is 6.95. The number of aliphatic hydroxyl groups excluding tert-OH is 1. The third-order valence-corrected chi connectivity index (χ3v) is 12.6. The molecular weight excluding hydrogens is 523 g/mol. The Morgan fingerprint density at radius 2 is 1.67 bits per heavy atom.